The van der Waals surface area contributed by atoms with Crippen molar-refractivity contribution >= 4 is 11.5 Å². The van der Waals surface area contributed by atoms with Gasteiger partial charge >= 0.3 is 0 Å². The van der Waals surface area contributed by atoms with E-state index in [9.17, 15) is 4.79 Å². The number of carbonyl (C=O) groups is 1. The number of hydrogen-bond acceptors (Lipinski definition) is 5. The van der Waals surface area contributed by atoms with E-state index < -0.39 is 0 Å². The minimum atomic E-state index is 0.0836. The molecule has 144 valence electrons. The van der Waals surface area contributed by atoms with Crippen molar-refractivity contribution in [2.45, 2.75) is 20.4 Å². The Morgan fingerprint density at radius 1 is 1.04 bits per heavy atom. The molecule has 0 aliphatic carbocycles. The van der Waals surface area contributed by atoms with Crippen molar-refractivity contribution < 1.29 is 14.3 Å². The topological polar surface area (TPSA) is 42.0 Å². The molecule has 1 fully saturated rings. The van der Waals surface area contributed by atoms with Crippen molar-refractivity contribution in [3.8, 4) is 11.5 Å². The van der Waals surface area contributed by atoms with E-state index in [0.29, 0.717) is 6.61 Å². The highest BCUT2D eigenvalue weighted by Crippen LogP contribution is 2.29. The standard InChI is InChI=1S/C22H28N2O3/c1-4-27-21-10-9-18(17(2)25)15-19(21)16-23-11-13-24(14-12-23)20-7-5-6-8-22(20)26-3/h5-10,15H,4,11-14,16H2,1-3H3. The van der Waals surface area contributed by atoms with Gasteiger partial charge in [-0.15, -0.1) is 0 Å². The summed E-state index contributed by atoms with van der Waals surface area (Å²) >= 11 is 0. The first-order chi connectivity index (χ1) is 13.1. The molecule has 0 spiro atoms. The number of rotatable bonds is 7. The molecule has 2 aromatic rings. The second-order valence-electron chi connectivity index (χ2n) is 6.75. The highest BCUT2D eigenvalue weighted by molar-refractivity contribution is 5.94. The van der Waals surface area contributed by atoms with Crippen LogP contribution in [0.3, 0.4) is 0 Å². The number of ether oxygens (including phenoxy) is 2. The van der Waals surface area contributed by atoms with Crippen molar-refractivity contribution in [3.05, 3.63) is 53.6 Å². The zero-order chi connectivity index (χ0) is 19.2. The molecule has 0 radical (unpaired) electrons. The summed E-state index contributed by atoms with van der Waals surface area (Å²) < 4.78 is 11.3. The first kappa shape index (κ1) is 19.2. The maximum absolute atomic E-state index is 11.7. The lowest BCUT2D eigenvalue weighted by molar-refractivity contribution is 0.101. The van der Waals surface area contributed by atoms with E-state index in [1.54, 1.807) is 14.0 Å². The largest absolute Gasteiger partial charge is 0.495 e. The van der Waals surface area contributed by atoms with Crippen LogP contribution in [0.5, 0.6) is 11.5 Å². The third-order valence-corrected chi connectivity index (χ3v) is 4.96. The fourth-order valence-corrected chi connectivity index (χ4v) is 3.50. The van der Waals surface area contributed by atoms with Crippen LogP contribution in [0, 0.1) is 0 Å². The van der Waals surface area contributed by atoms with Crippen LogP contribution < -0.4 is 14.4 Å². The van der Waals surface area contributed by atoms with Gasteiger partial charge in [-0.1, -0.05) is 12.1 Å². The Morgan fingerprint density at radius 2 is 1.78 bits per heavy atom. The van der Waals surface area contributed by atoms with Gasteiger partial charge in [0.25, 0.3) is 0 Å². The minimum absolute atomic E-state index is 0.0836. The Kier molecular flexibility index (Phi) is 6.35. The molecular weight excluding hydrogens is 340 g/mol. The average Bonchev–Trinajstić information content (AvgIpc) is 2.70. The number of benzene rings is 2. The second-order valence-corrected chi connectivity index (χ2v) is 6.75. The van der Waals surface area contributed by atoms with Crippen molar-refractivity contribution in [2.75, 3.05) is 44.8 Å². The van der Waals surface area contributed by atoms with Crippen LogP contribution in [-0.2, 0) is 6.54 Å². The first-order valence-corrected chi connectivity index (χ1v) is 9.49. The number of ketones is 1. The molecule has 1 saturated heterocycles. The Hall–Kier alpha value is -2.53. The van der Waals surface area contributed by atoms with Gasteiger partial charge in [0.15, 0.2) is 5.78 Å². The molecule has 27 heavy (non-hydrogen) atoms. The molecule has 0 saturated carbocycles. The number of anilines is 1. The summed E-state index contributed by atoms with van der Waals surface area (Å²) in [6.45, 7) is 8.78. The van der Waals surface area contributed by atoms with Crippen LogP contribution in [0.1, 0.15) is 29.8 Å². The zero-order valence-electron chi connectivity index (χ0n) is 16.4. The molecule has 0 N–H and O–H groups in total. The van der Waals surface area contributed by atoms with Crippen LogP contribution in [0.25, 0.3) is 0 Å². The van der Waals surface area contributed by atoms with Gasteiger partial charge in [-0.25, -0.2) is 0 Å². The Bertz CT molecular complexity index is 783. The summed E-state index contributed by atoms with van der Waals surface area (Å²) in [5.41, 5.74) is 2.96. The van der Waals surface area contributed by atoms with Crippen LogP contribution >= 0.6 is 0 Å². The highest BCUT2D eigenvalue weighted by Gasteiger charge is 2.21. The number of piperazine rings is 1. The monoisotopic (exact) mass is 368 g/mol. The summed E-state index contributed by atoms with van der Waals surface area (Å²) in [6, 6.07) is 13.9. The lowest BCUT2D eigenvalue weighted by Crippen LogP contribution is -2.46. The van der Waals surface area contributed by atoms with Gasteiger partial charge in [0.1, 0.15) is 11.5 Å². The lowest BCUT2D eigenvalue weighted by atomic mass is 10.1. The van der Waals surface area contributed by atoms with Gasteiger partial charge in [0, 0.05) is 43.9 Å². The second kappa shape index (κ2) is 8.91. The summed E-state index contributed by atoms with van der Waals surface area (Å²) in [5.74, 6) is 1.87. The highest BCUT2D eigenvalue weighted by atomic mass is 16.5. The smallest absolute Gasteiger partial charge is 0.159 e. The van der Waals surface area contributed by atoms with E-state index in [0.717, 1.165) is 61.0 Å². The number of nitrogens with zero attached hydrogens (tertiary/aromatic N) is 2. The molecule has 0 atom stereocenters. The molecule has 0 bridgehead atoms. The molecular formula is C22H28N2O3. The predicted molar refractivity (Wildman–Crippen MR) is 108 cm³/mol. The maximum Gasteiger partial charge on any atom is 0.159 e. The summed E-state index contributed by atoms with van der Waals surface area (Å²) in [6.07, 6.45) is 0. The molecule has 0 unspecified atom stereocenters. The quantitative estimate of drug-likeness (QED) is 0.698. The fraction of sp³-hybridized carbons (Fsp3) is 0.409. The van der Waals surface area contributed by atoms with E-state index >= 15 is 0 Å². The van der Waals surface area contributed by atoms with Crippen LogP contribution in [0.2, 0.25) is 0 Å². The first-order valence-electron chi connectivity index (χ1n) is 9.49. The number of para-hydroxylation sites is 2. The van der Waals surface area contributed by atoms with Crippen molar-refractivity contribution in [3.63, 3.8) is 0 Å². The molecule has 2 aromatic carbocycles. The Labute approximate surface area is 161 Å². The maximum atomic E-state index is 11.7. The molecule has 1 aliphatic rings. The summed E-state index contributed by atoms with van der Waals surface area (Å²) in [5, 5.41) is 0. The molecule has 1 heterocycles. The van der Waals surface area contributed by atoms with Gasteiger partial charge < -0.3 is 14.4 Å². The van der Waals surface area contributed by atoms with Gasteiger partial charge in [-0.2, -0.15) is 0 Å². The molecule has 0 aromatic heterocycles. The SMILES string of the molecule is CCOc1ccc(C(C)=O)cc1CN1CCN(c2ccccc2OC)CC1. The van der Waals surface area contributed by atoms with Crippen molar-refractivity contribution in [2.24, 2.45) is 0 Å². The van der Waals surface area contributed by atoms with Crippen LogP contribution in [0.15, 0.2) is 42.5 Å². The third-order valence-electron chi connectivity index (χ3n) is 4.96. The normalized spacial score (nSPS) is 14.9. The molecule has 5 heteroatoms. The summed E-state index contributed by atoms with van der Waals surface area (Å²) in [4.78, 5) is 16.5. The van der Waals surface area contributed by atoms with Crippen molar-refractivity contribution in [1.29, 1.82) is 0 Å². The Balaban J connectivity index is 1.68. The number of hydrogen-bond donors (Lipinski definition) is 0. The average molecular weight is 368 g/mol. The third kappa shape index (κ3) is 4.61. The van der Waals surface area contributed by atoms with Gasteiger partial charge in [0.2, 0.25) is 0 Å². The van der Waals surface area contributed by atoms with E-state index in [1.165, 1.54) is 0 Å². The molecule has 3 rings (SSSR count). The zero-order valence-corrected chi connectivity index (χ0v) is 16.4. The van der Waals surface area contributed by atoms with E-state index in [-0.39, 0.29) is 5.78 Å². The summed E-state index contributed by atoms with van der Waals surface area (Å²) in [7, 11) is 1.71. The number of methoxy groups -OCH3 is 1. The van der Waals surface area contributed by atoms with Crippen LogP contribution in [-0.4, -0.2) is 50.6 Å². The lowest BCUT2D eigenvalue weighted by Gasteiger charge is -2.36. The van der Waals surface area contributed by atoms with Gasteiger partial charge in [-0.05, 0) is 44.2 Å². The predicted octanol–water partition coefficient (Wildman–Crippen LogP) is 3.62. The van der Waals surface area contributed by atoms with Gasteiger partial charge in [-0.3, -0.25) is 9.69 Å². The number of Topliss-reactive ketones (excluding diaryl/α,β-unsaturated/α-hetero) is 1. The van der Waals surface area contributed by atoms with E-state index in [2.05, 4.69) is 15.9 Å². The Morgan fingerprint density at radius 3 is 2.44 bits per heavy atom. The van der Waals surface area contributed by atoms with E-state index in [1.807, 2.05) is 43.3 Å². The molecule has 1 aliphatic heterocycles. The molecule has 5 nitrogen and oxygen atoms in total. The minimum Gasteiger partial charge on any atom is -0.495 e. The van der Waals surface area contributed by atoms with E-state index in [4.69, 9.17) is 9.47 Å². The number of carbonyl (C=O) groups excluding carboxylic acids is 1. The van der Waals surface area contributed by atoms with Gasteiger partial charge in [0.05, 0.1) is 19.4 Å². The fourth-order valence-electron chi connectivity index (χ4n) is 3.50. The van der Waals surface area contributed by atoms with Crippen molar-refractivity contribution in [1.82, 2.24) is 4.90 Å². The molecule has 0 amide bonds. The van der Waals surface area contributed by atoms with Crippen LogP contribution in [0.4, 0.5) is 5.69 Å².